The van der Waals surface area contributed by atoms with Crippen molar-refractivity contribution in [1.29, 1.82) is 0 Å². The molecule has 1 saturated heterocycles. The summed E-state index contributed by atoms with van der Waals surface area (Å²) in [5, 5.41) is 4.83. The van der Waals surface area contributed by atoms with Crippen molar-refractivity contribution in [1.82, 2.24) is 10.3 Å². The molecule has 1 aromatic heterocycles. The number of halogens is 1. The number of fused-ring (bicyclic) bond motifs is 2. The zero-order chi connectivity index (χ0) is 15.1. The molecule has 3 nitrogen and oxygen atoms in total. The van der Waals surface area contributed by atoms with Gasteiger partial charge >= 0.3 is 0 Å². The number of benzene rings is 1. The molecule has 1 aliphatic carbocycles. The maximum absolute atomic E-state index is 14.4. The monoisotopic (exact) mass is 294 g/mol. The molecule has 1 aliphatic heterocycles. The standard InChI is InChI=1S/C18H15FN2O/c19-16-8-13(7-11-5-6-17(22)21-18(11)16)15-10-20-9-12-3-1-2-4-14(12)15/h1-4,7-11,18H,5-6H2,(H,21,22). The van der Waals surface area contributed by atoms with E-state index in [0.717, 1.165) is 21.9 Å². The average molecular weight is 294 g/mol. The van der Waals surface area contributed by atoms with Crippen LogP contribution in [-0.4, -0.2) is 16.9 Å². The molecule has 1 fully saturated rings. The molecule has 0 radical (unpaired) electrons. The highest BCUT2D eigenvalue weighted by Gasteiger charge is 2.33. The van der Waals surface area contributed by atoms with Crippen molar-refractivity contribution in [3.05, 3.63) is 60.2 Å². The first kappa shape index (κ1) is 13.2. The number of nitrogens with zero attached hydrogens (tertiary/aromatic N) is 1. The number of piperidine rings is 1. The van der Waals surface area contributed by atoms with Crippen LogP contribution >= 0.6 is 0 Å². The van der Waals surface area contributed by atoms with Gasteiger partial charge in [-0.05, 0) is 23.5 Å². The quantitative estimate of drug-likeness (QED) is 0.876. The second-order valence-electron chi connectivity index (χ2n) is 5.81. The van der Waals surface area contributed by atoms with Crippen molar-refractivity contribution in [2.45, 2.75) is 18.9 Å². The van der Waals surface area contributed by atoms with Crippen molar-refractivity contribution in [3.63, 3.8) is 0 Å². The van der Waals surface area contributed by atoms with Gasteiger partial charge < -0.3 is 5.32 Å². The van der Waals surface area contributed by atoms with E-state index in [1.54, 1.807) is 6.20 Å². The van der Waals surface area contributed by atoms with Gasteiger partial charge in [0.2, 0.25) is 5.91 Å². The number of carbonyl (C=O) groups excluding carboxylic acids is 1. The summed E-state index contributed by atoms with van der Waals surface area (Å²) in [6.45, 7) is 0. The molecule has 2 atom stereocenters. The largest absolute Gasteiger partial charge is 0.346 e. The minimum atomic E-state index is -0.507. The van der Waals surface area contributed by atoms with Gasteiger partial charge in [0, 0.05) is 35.7 Å². The highest BCUT2D eigenvalue weighted by molar-refractivity contribution is 5.96. The first-order valence-corrected chi connectivity index (χ1v) is 7.44. The Morgan fingerprint density at radius 1 is 1.23 bits per heavy atom. The molecule has 22 heavy (non-hydrogen) atoms. The predicted molar refractivity (Wildman–Crippen MR) is 83.6 cm³/mol. The Hall–Kier alpha value is -2.49. The van der Waals surface area contributed by atoms with Crippen LogP contribution in [0.1, 0.15) is 18.4 Å². The van der Waals surface area contributed by atoms with Gasteiger partial charge in [0.25, 0.3) is 0 Å². The Balaban J connectivity index is 1.81. The lowest BCUT2D eigenvalue weighted by Gasteiger charge is -2.32. The topological polar surface area (TPSA) is 42.0 Å². The molecule has 2 heterocycles. The van der Waals surface area contributed by atoms with Crippen LogP contribution in [0.25, 0.3) is 16.3 Å². The zero-order valence-corrected chi connectivity index (χ0v) is 11.9. The summed E-state index contributed by atoms with van der Waals surface area (Å²) in [7, 11) is 0. The summed E-state index contributed by atoms with van der Waals surface area (Å²) in [6, 6.07) is 7.45. The molecule has 1 amide bonds. The minimum absolute atomic E-state index is 0.0108. The Morgan fingerprint density at radius 3 is 3.00 bits per heavy atom. The van der Waals surface area contributed by atoms with E-state index in [-0.39, 0.29) is 17.7 Å². The lowest BCUT2D eigenvalue weighted by atomic mass is 9.82. The molecule has 1 N–H and O–H groups in total. The number of nitrogens with one attached hydrogen (secondary N) is 1. The minimum Gasteiger partial charge on any atom is -0.346 e. The molecule has 2 aliphatic rings. The van der Waals surface area contributed by atoms with Crippen LogP contribution in [0.5, 0.6) is 0 Å². The highest BCUT2D eigenvalue weighted by Crippen LogP contribution is 2.36. The second-order valence-corrected chi connectivity index (χ2v) is 5.81. The fraction of sp³-hybridized carbons (Fsp3) is 0.222. The van der Waals surface area contributed by atoms with E-state index in [2.05, 4.69) is 16.4 Å². The van der Waals surface area contributed by atoms with Crippen LogP contribution in [0.15, 0.2) is 54.6 Å². The number of aromatic nitrogens is 1. The molecule has 0 spiro atoms. The van der Waals surface area contributed by atoms with Crippen molar-refractivity contribution < 1.29 is 9.18 Å². The van der Waals surface area contributed by atoms with Gasteiger partial charge in [0.05, 0.1) is 6.04 Å². The van der Waals surface area contributed by atoms with Crippen molar-refractivity contribution in [2.24, 2.45) is 5.92 Å². The van der Waals surface area contributed by atoms with Gasteiger partial charge in [-0.3, -0.25) is 9.78 Å². The third kappa shape index (κ3) is 2.11. The number of hydrogen-bond acceptors (Lipinski definition) is 2. The van der Waals surface area contributed by atoms with Crippen LogP contribution in [-0.2, 0) is 4.79 Å². The zero-order valence-electron chi connectivity index (χ0n) is 11.9. The summed E-state index contributed by atoms with van der Waals surface area (Å²) >= 11 is 0. The Bertz CT molecular complexity index is 819. The normalized spacial score (nSPS) is 24.3. The molecule has 4 heteroatoms. The van der Waals surface area contributed by atoms with Crippen LogP contribution in [0.3, 0.4) is 0 Å². The van der Waals surface area contributed by atoms with Gasteiger partial charge in [-0.2, -0.15) is 0 Å². The number of amides is 1. The van der Waals surface area contributed by atoms with E-state index < -0.39 is 6.04 Å². The molecule has 110 valence electrons. The van der Waals surface area contributed by atoms with E-state index in [9.17, 15) is 9.18 Å². The smallest absolute Gasteiger partial charge is 0.220 e. The van der Waals surface area contributed by atoms with Crippen molar-refractivity contribution in [3.8, 4) is 0 Å². The number of hydrogen-bond donors (Lipinski definition) is 1. The molecule has 4 rings (SSSR count). The van der Waals surface area contributed by atoms with Crippen LogP contribution in [0, 0.1) is 5.92 Å². The maximum atomic E-state index is 14.4. The summed E-state index contributed by atoms with van der Waals surface area (Å²) in [5.41, 5.74) is 1.78. The maximum Gasteiger partial charge on any atom is 0.220 e. The molecule has 2 aromatic rings. The van der Waals surface area contributed by atoms with Crippen LogP contribution in [0.4, 0.5) is 4.39 Å². The number of pyridine rings is 1. The number of allylic oxidation sites excluding steroid dienone is 2. The lowest BCUT2D eigenvalue weighted by Crippen LogP contribution is -2.45. The van der Waals surface area contributed by atoms with E-state index >= 15 is 0 Å². The fourth-order valence-electron chi connectivity index (χ4n) is 3.30. The van der Waals surface area contributed by atoms with Gasteiger partial charge in [0.1, 0.15) is 5.83 Å². The Labute approximate surface area is 127 Å². The Kier molecular flexibility index (Phi) is 3.03. The number of rotatable bonds is 1. The molecular weight excluding hydrogens is 279 g/mol. The predicted octanol–water partition coefficient (Wildman–Crippen LogP) is 3.38. The summed E-state index contributed by atoms with van der Waals surface area (Å²) < 4.78 is 14.4. The third-order valence-electron chi connectivity index (χ3n) is 4.41. The van der Waals surface area contributed by atoms with Crippen LogP contribution < -0.4 is 5.32 Å². The van der Waals surface area contributed by atoms with Gasteiger partial charge in [-0.15, -0.1) is 0 Å². The van der Waals surface area contributed by atoms with Crippen LogP contribution in [0.2, 0.25) is 0 Å². The summed E-state index contributed by atoms with van der Waals surface area (Å²) in [5.74, 6) is -0.339. The van der Waals surface area contributed by atoms with Gasteiger partial charge in [0.15, 0.2) is 0 Å². The highest BCUT2D eigenvalue weighted by atomic mass is 19.1. The molecule has 1 aromatic carbocycles. The SMILES string of the molecule is O=C1CCC2C=C(c3cncc4ccccc34)C=C(F)C2N1. The first-order valence-electron chi connectivity index (χ1n) is 7.44. The number of carbonyl (C=O) groups is 1. The first-order chi connectivity index (χ1) is 10.7. The molecule has 2 unspecified atom stereocenters. The van der Waals surface area contributed by atoms with E-state index in [4.69, 9.17) is 0 Å². The molecule has 0 saturated carbocycles. The summed E-state index contributed by atoms with van der Waals surface area (Å²) in [6.07, 6.45) is 8.31. The lowest BCUT2D eigenvalue weighted by molar-refractivity contribution is -0.123. The van der Waals surface area contributed by atoms with Crippen molar-refractivity contribution >= 4 is 22.3 Å². The average Bonchev–Trinajstić information content (AvgIpc) is 2.55. The summed E-state index contributed by atoms with van der Waals surface area (Å²) in [4.78, 5) is 15.7. The molecular formula is C18H15FN2O. The molecule has 0 bridgehead atoms. The fourth-order valence-corrected chi connectivity index (χ4v) is 3.30. The van der Waals surface area contributed by atoms with Gasteiger partial charge in [-0.1, -0.05) is 30.3 Å². The van der Waals surface area contributed by atoms with E-state index in [1.165, 1.54) is 6.08 Å². The third-order valence-corrected chi connectivity index (χ3v) is 4.41. The second kappa shape index (κ2) is 5.05. The van der Waals surface area contributed by atoms with E-state index in [1.807, 2.05) is 30.5 Å². The van der Waals surface area contributed by atoms with Crippen molar-refractivity contribution in [2.75, 3.05) is 0 Å². The Morgan fingerprint density at radius 2 is 2.09 bits per heavy atom. The van der Waals surface area contributed by atoms with Gasteiger partial charge in [-0.25, -0.2) is 4.39 Å². The van der Waals surface area contributed by atoms with E-state index in [0.29, 0.717) is 12.8 Å².